The summed E-state index contributed by atoms with van der Waals surface area (Å²) in [5, 5.41) is 3.38. The van der Waals surface area contributed by atoms with Crippen molar-refractivity contribution in [1.82, 2.24) is 10.2 Å². The molecule has 4 nitrogen and oxygen atoms in total. The fraction of sp³-hybridized carbons (Fsp3) is 0.458. The Morgan fingerprint density at radius 1 is 1.11 bits per heavy atom. The van der Waals surface area contributed by atoms with E-state index in [0.29, 0.717) is 11.3 Å². The van der Waals surface area contributed by atoms with E-state index in [1.165, 1.54) is 12.8 Å². The van der Waals surface area contributed by atoms with Gasteiger partial charge in [-0.2, -0.15) is 0 Å². The average Bonchev–Trinajstić information content (AvgIpc) is 3.17. The first kappa shape index (κ1) is 20.4. The van der Waals surface area contributed by atoms with Crippen LogP contribution in [0, 0.1) is 13.8 Å². The Balaban J connectivity index is 2.03. The van der Waals surface area contributed by atoms with Crippen LogP contribution in [0.5, 0.6) is 5.75 Å². The van der Waals surface area contributed by atoms with Crippen LogP contribution in [-0.2, 0) is 0 Å². The Morgan fingerprint density at radius 3 is 2.32 bits per heavy atom. The third kappa shape index (κ3) is 3.79. The third-order valence-electron chi connectivity index (χ3n) is 6.17. The zero-order valence-corrected chi connectivity index (χ0v) is 17.7. The number of benzene rings is 2. The van der Waals surface area contributed by atoms with Crippen molar-refractivity contribution >= 4 is 5.91 Å². The predicted molar refractivity (Wildman–Crippen MR) is 114 cm³/mol. The van der Waals surface area contributed by atoms with E-state index in [4.69, 9.17) is 4.74 Å². The van der Waals surface area contributed by atoms with Crippen molar-refractivity contribution in [3.63, 3.8) is 0 Å². The number of rotatable bonds is 6. The van der Waals surface area contributed by atoms with Gasteiger partial charge < -0.3 is 15.0 Å². The Kier molecular flexibility index (Phi) is 6.09. The fourth-order valence-corrected chi connectivity index (χ4v) is 4.76. The zero-order chi connectivity index (χ0) is 20.3. The minimum atomic E-state index is -0.0802. The zero-order valence-electron chi connectivity index (χ0n) is 17.7. The van der Waals surface area contributed by atoms with Crippen molar-refractivity contribution in [2.24, 2.45) is 0 Å². The molecule has 0 bridgehead atoms. The van der Waals surface area contributed by atoms with Crippen molar-refractivity contribution in [3.8, 4) is 5.75 Å². The topological polar surface area (TPSA) is 41.6 Å². The maximum absolute atomic E-state index is 13.4. The molecule has 3 rings (SSSR count). The molecular formula is C24H32N2O2. The maximum atomic E-state index is 13.4. The van der Waals surface area contributed by atoms with Crippen molar-refractivity contribution in [1.29, 1.82) is 0 Å². The number of amides is 1. The lowest BCUT2D eigenvalue weighted by atomic mass is 9.82. The summed E-state index contributed by atoms with van der Waals surface area (Å²) >= 11 is 0. The molecule has 0 aliphatic heterocycles. The minimum absolute atomic E-state index is 0.0781. The number of carbonyl (C=O) groups excluding carboxylic acids is 1. The van der Waals surface area contributed by atoms with Crippen LogP contribution in [-0.4, -0.2) is 37.6 Å². The van der Waals surface area contributed by atoms with E-state index in [1.807, 2.05) is 44.2 Å². The summed E-state index contributed by atoms with van der Waals surface area (Å²) in [7, 11) is 5.89. The monoisotopic (exact) mass is 380 g/mol. The summed E-state index contributed by atoms with van der Waals surface area (Å²) in [5.74, 6) is 0.575. The van der Waals surface area contributed by atoms with E-state index in [2.05, 4.69) is 36.4 Å². The Morgan fingerprint density at radius 2 is 1.75 bits per heavy atom. The van der Waals surface area contributed by atoms with Gasteiger partial charge >= 0.3 is 0 Å². The van der Waals surface area contributed by atoms with Crippen LogP contribution in [0.1, 0.15) is 58.8 Å². The number of hydrogen-bond acceptors (Lipinski definition) is 3. The average molecular weight is 381 g/mol. The molecule has 0 spiro atoms. The van der Waals surface area contributed by atoms with E-state index in [9.17, 15) is 4.79 Å². The highest BCUT2D eigenvalue weighted by atomic mass is 16.5. The number of ether oxygens (including phenoxy) is 1. The van der Waals surface area contributed by atoms with Crippen LogP contribution in [0.4, 0.5) is 0 Å². The first-order valence-electron chi connectivity index (χ1n) is 10.1. The smallest absolute Gasteiger partial charge is 0.255 e. The standard InChI is InChI=1S/C24H32N2O2/c1-17-15-18(2)21(28-5)20(16-17)23(27)25-22(19-11-7-6-8-12-19)24(26(3)4)13-9-10-14-24/h6-8,11-12,15-16,22H,9-10,13-14H2,1-5H3,(H,25,27). The second-order valence-corrected chi connectivity index (χ2v) is 8.18. The molecule has 2 aromatic rings. The van der Waals surface area contributed by atoms with Crippen molar-refractivity contribution < 1.29 is 9.53 Å². The summed E-state index contributed by atoms with van der Waals surface area (Å²) in [5.41, 5.74) is 3.71. The number of carbonyl (C=O) groups is 1. The van der Waals surface area contributed by atoms with E-state index in [1.54, 1.807) is 7.11 Å². The maximum Gasteiger partial charge on any atom is 0.255 e. The minimum Gasteiger partial charge on any atom is -0.496 e. The van der Waals surface area contributed by atoms with E-state index in [-0.39, 0.29) is 17.5 Å². The molecule has 1 saturated carbocycles. The Labute approximate surface area is 168 Å². The van der Waals surface area contributed by atoms with Gasteiger partial charge in [-0.1, -0.05) is 49.2 Å². The van der Waals surface area contributed by atoms with Crippen molar-refractivity contribution in [3.05, 3.63) is 64.7 Å². The van der Waals surface area contributed by atoms with Gasteiger partial charge in [0.2, 0.25) is 0 Å². The summed E-state index contributed by atoms with van der Waals surface area (Å²) in [6, 6.07) is 14.2. The quantitative estimate of drug-likeness (QED) is 0.793. The molecule has 1 amide bonds. The summed E-state index contributed by atoms with van der Waals surface area (Å²) in [6.45, 7) is 3.99. The molecule has 28 heavy (non-hydrogen) atoms. The molecule has 1 fully saturated rings. The van der Waals surface area contributed by atoms with Gasteiger partial charge in [0.05, 0.1) is 18.7 Å². The second-order valence-electron chi connectivity index (χ2n) is 8.18. The van der Waals surface area contributed by atoms with Gasteiger partial charge in [0.15, 0.2) is 0 Å². The molecule has 0 radical (unpaired) electrons. The molecule has 1 atom stereocenters. The van der Waals surface area contributed by atoms with Crippen molar-refractivity contribution in [2.75, 3.05) is 21.2 Å². The van der Waals surface area contributed by atoms with Crippen LogP contribution in [0.2, 0.25) is 0 Å². The van der Waals surface area contributed by atoms with Crippen LogP contribution in [0.15, 0.2) is 42.5 Å². The number of nitrogens with one attached hydrogen (secondary N) is 1. The lowest BCUT2D eigenvalue weighted by Gasteiger charge is -2.44. The molecule has 1 unspecified atom stereocenters. The Bertz CT molecular complexity index is 824. The van der Waals surface area contributed by atoms with Gasteiger partial charge in [-0.15, -0.1) is 0 Å². The van der Waals surface area contributed by atoms with Crippen LogP contribution in [0.3, 0.4) is 0 Å². The summed E-state index contributed by atoms with van der Waals surface area (Å²) < 4.78 is 5.57. The number of nitrogens with zero attached hydrogens (tertiary/aromatic N) is 1. The van der Waals surface area contributed by atoms with Gasteiger partial charge in [0.25, 0.3) is 5.91 Å². The molecule has 0 heterocycles. The van der Waals surface area contributed by atoms with Gasteiger partial charge in [-0.05, 0) is 63.5 Å². The first-order chi connectivity index (χ1) is 13.4. The fourth-order valence-electron chi connectivity index (χ4n) is 4.76. The number of hydrogen-bond donors (Lipinski definition) is 1. The molecule has 4 heteroatoms. The van der Waals surface area contributed by atoms with Crippen LogP contribution < -0.4 is 10.1 Å². The van der Waals surface area contributed by atoms with Crippen LogP contribution >= 0.6 is 0 Å². The van der Waals surface area contributed by atoms with Crippen molar-refractivity contribution in [2.45, 2.75) is 51.1 Å². The molecule has 1 N–H and O–H groups in total. The molecule has 1 aliphatic rings. The van der Waals surface area contributed by atoms with Gasteiger partial charge in [0, 0.05) is 5.54 Å². The predicted octanol–water partition coefficient (Wildman–Crippen LogP) is 4.66. The summed E-state index contributed by atoms with van der Waals surface area (Å²) in [4.78, 5) is 15.7. The third-order valence-corrected chi connectivity index (χ3v) is 6.17. The number of aryl methyl sites for hydroxylation is 2. The van der Waals surface area contributed by atoms with Gasteiger partial charge in [0.1, 0.15) is 5.75 Å². The lowest BCUT2D eigenvalue weighted by Crippen LogP contribution is -2.53. The number of methoxy groups -OCH3 is 1. The molecule has 2 aromatic carbocycles. The lowest BCUT2D eigenvalue weighted by molar-refractivity contribution is 0.0763. The molecule has 1 aliphatic carbocycles. The van der Waals surface area contributed by atoms with Gasteiger partial charge in [-0.25, -0.2) is 0 Å². The summed E-state index contributed by atoms with van der Waals surface area (Å²) in [6.07, 6.45) is 4.52. The van der Waals surface area contributed by atoms with E-state index >= 15 is 0 Å². The Hall–Kier alpha value is -2.33. The number of likely N-dealkylation sites (N-methyl/N-ethyl adjacent to an activating group) is 1. The molecule has 0 aromatic heterocycles. The van der Waals surface area contributed by atoms with E-state index < -0.39 is 0 Å². The largest absolute Gasteiger partial charge is 0.496 e. The van der Waals surface area contributed by atoms with Gasteiger partial charge in [-0.3, -0.25) is 4.79 Å². The highest BCUT2D eigenvalue weighted by Crippen LogP contribution is 2.43. The highest BCUT2D eigenvalue weighted by molar-refractivity contribution is 5.98. The van der Waals surface area contributed by atoms with E-state index in [0.717, 1.165) is 29.5 Å². The molecular weight excluding hydrogens is 348 g/mol. The second kappa shape index (κ2) is 8.36. The SMILES string of the molecule is COc1c(C)cc(C)cc1C(=O)NC(c1ccccc1)C1(N(C)C)CCCC1. The normalized spacial score (nSPS) is 16.8. The molecule has 0 saturated heterocycles. The first-order valence-corrected chi connectivity index (χ1v) is 10.1. The highest BCUT2D eigenvalue weighted by Gasteiger charge is 2.44. The molecule has 150 valence electrons. The van der Waals surface area contributed by atoms with Crippen LogP contribution in [0.25, 0.3) is 0 Å².